The largest absolute Gasteiger partial charge is 0.314 e. The van der Waals surface area contributed by atoms with Gasteiger partial charge in [-0.15, -0.1) is 0 Å². The van der Waals surface area contributed by atoms with E-state index in [0.29, 0.717) is 0 Å². The van der Waals surface area contributed by atoms with E-state index in [1.165, 1.54) is 51.5 Å². The van der Waals surface area contributed by atoms with Crippen molar-refractivity contribution < 1.29 is 0 Å². The predicted octanol–water partition coefficient (Wildman–Crippen LogP) is 3.34. The zero-order chi connectivity index (χ0) is 10.0. The number of rotatable bonds is 7. The van der Waals surface area contributed by atoms with Gasteiger partial charge < -0.3 is 5.32 Å². The van der Waals surface area contributed by atoms with Gasteiger partial charge in [-0.3, -0.25) is 0 Å². The van der Waals surface area contributed by atoms with E-state index in [1.54, 1.807) is 0 Å². The van der Waals surface area contributed by atoms with Crippen molar-refractivity contribution in [3.63, 3.8) is 0 Å². The van der Waals surface area contributed by atoms with Crippen LogP contribution in [0, 0.1) is 11.3 Å². The molecule has 0 aliphatic heterocycles. The Morgan fingerprint density at radius 3 is 2.57 bits per heavy atom. The molecule has 2 fully saturated rings. The molecule has 1 nitrogen and oxygen atoms in total. The van der Waals surface area contributed by atoms with Gasteiger partial charge in [-0.05, 0) is 43.9 Å². The lowest BCUT2D eigenvalue weighted by Crippen LogP contribution is -2.32. The molecule has 0 aromatic heterocycles. The van der Waals surface area contributed by atoms with Crippen molar-refractivity contribution >= 4 is 0 Å². The van der Waals surface area contributed by atoms with E-state index in [1.807, 2.05) is 0 Å². The van der Waals surface area contributed by atoms with Crippen molar-refractivity contribution in [1.29, 1.82) is 0 Å². The van der Waals surface area contributed by atoms with E-state index in [9.17, 15) is 0 Å². The number of nitrogens with one attached hydrogen (secondary N) is 1. The van der Waals surface area contributed by atoms with Crippen LogP contribution in [-0.4, -0.2) is 12.6 Å². The lowest BCUT2D eigenvalue weighted by Gasteiger charge is -2.19. The molecule has 14 heavy (non-hydrogen) atoms. The maximum atomic E-state index is 3.74. The molecule has 0 heterocycles. The van der Waals surface area contributed by atoms with Crippen LogP contribution >= 0.6 is 0 Å². The molecule has 0 bridgehead atoms. The third-order valence-electron chi connectivity index (χ3n) is 3.95. The third-order valence-corrected chi connectivity index (χ3v) is 3.95. The van der Waals surface area contributed by atoms with Gasteiger partial charge in [0.15, 0.2) is 0 Å². The Bertz CT molecular complexity index is 180. The Balaban J connectivity index is 1.60. The highest BCUT2D eigenvalue weighted by molar-refractivity contribution is 4.95. The fourth-order valence-corrected chi connectivity index (χ4v) is 2.55. The minimum atomic E-state index is 0.729. The normalized spacial score (nSPS) is 26.1. The Morgan fingerprint density at radius 1 is 1.36 bits per heavy atom. The molecule has 2 aliphatic rings. The topological polar surface area (TPSA) is 12.0 Å². The first-order valence-corrected chi connectivity index (χ1v) is 6.47. The molecule has 0 radical (unpaired) electrons. The fourth-order valence-electron chi connectivity index (χ4n) is 2.55. The summed E-state index contributed by atoms with van der Waals surface area (Å²) in [5.41, 5.74) is 0.729. The van der Waals surface area contributed by atoms with Gasteiger partial charge in [-0.2, -0.15) is 0 Å². The molecule has 1 atom stereocenters. The molecule has 2 rings (SSSR count). The molecule has 1 heteroatoms. The smallest absolute Gasteiger partial charge is 0.00415 e. The standard InChI is InChI=1S/C13H25N/c1-3-6-13(7-8-13)10-14-11(2)9-12-4-5-12/h11-12,14H,3-10H2,1-2H3. The van der Waals surface area contributed by atoms with Crippen molar-refractivity contribution in [2.24, 2.45) is 11.3 Å². The maximum absolute atomic E-state index is 3.74. The molecular weight excluding hydrogens is 170 g/mol. The van der Waals surface area contributed by atoms with Crippen LogP contribution in [0.2, 0.25) is 0 Å². The van der Waals surface area contributed by atoms with Crippen LogP contribution in [0.15, 0.2) is 0 Å². The summed E-state index contributed by atoms with van der Waals surface area (Å²) in [5.74, 6) is 1.07. The summed E-state index contributed by atoms with van der Waals surface area (Å²) < 4.78 is 0. The van der Waals surface area contributed by atoms with Gasteiger partial charge in [0.05, 0.1) is 0 Å². The Kier molecular flexibility index (Phi) is 3.16. The number of hydrogen-bond donors (Lipinski definition) is 1. The Hall–Kier alpha value is -0.0400. The number of hydrogen-bond acceptors (Lipinski definition) is 1. The highest BCUT2D eigenvalue weighted by Gasteiger charge is 2.41. The first-order chi connectivity index (χ1) is 6.74. The molecule has 0 amide bonds. The highest BCUT2D eigenvalue weighted by atomic mass is 14.9. The maximum Gasteiger partial charge on any atom is 0.00415 e. The van der Waals surface area contributed by atoms with Crippen molar-refractivity contribution in [2.45, 2.75) is 64.8 Å². The van der Waals surface area contributed by atoms with Crippen molar-refractivity contribution in [1.82, 2.24) is 5.32 Å². The van der Waals surface area contributed by atoms with Crippen LogP contribution in [0.3, 0.4) is 0 Å². The van der Waals surface area contributed by atoms with E-state index in [-0.39, 0.29) is 0 Å². The minimum absolute atomic E-state index is 0.729. The SMILES string of the molecule is CCCC1(CNC(C)CC2CC2)CC1. The second-order valence-corrected chi connectivity index (χ2v) is 5.71. The van der Waals surface area contributed by atoms with E-state index >= 15 is 0 Å². The molecule has 1 N–H and O–H groups in total. The zero-order valence-corrected chi connectivity index (χ0v) is 9.81. The molecule has 0 spiro atoms. The van der Waals surface area contributed by atoms with Gasteiger partial charge in [0.2, 0.25) is 0 Å². The average Bonchev–Trinajstić information content (AvgIpc) is 3.00. The van der Waals surface area contributed by atoms with E-state index in [2.05, 4.69) is 19.2 Å². The molecule has 2 saturated carbocycles. The summed E-state index contributed by atoms with van der Waals surface area (Å²) in [6.45, 7) is 5.96. The van der Waals surface area contributed by atoms with Crippen molar-refractivity contribution in [3.05, 3.63) is 0 Å². The molecule has 0 saturated heterocycles. The van der Waals surface area contributed by atoms with E-state index in [4.69, 9.17) is 0 Å². The van der Waals surface area contributed by atoms with Crippen molar-refractivity contribution in [3.8, 4) is 0 Å². The van der Waals surface area contributed by atoms with Crippen LogP contribution in [0.4, 0.5) is 0 Å². The second-order valence-electron chi connectivity index (χ2n) is 5.71. The van der Waals surface area contributed by atoms with Gasteiger partial charge in [0, 0.05) is 12.6 Å². The minimum Gasteiger partial charge on any atom is -0.314 e. The van der Waals surface area contributed by atoms with Gasteiger partial charge >= 0.3 is 0 Å². The Labute approximate surface area is 88.7 Å². The molecule has 0 aromatic carbocycles. The summed E-state index contributed by atoms with van der Waals surface area (Å²) in [6, 6.07) is 0.761. The second kappa shape index (κ2) is 4.22. The van der Waals surface area contributed by atoms with Gasteiger partial charge in [0.25, 0.3) is 0 Å². The first-order valence-electron chi connectivity index (χ1n) is 6.47. The van der Waals surface area contributed by atoms with Gasteiger partial charge in [-0.1, -0.05) is 26.2 Å². The Morgan fingerprint density at radius 2 is 2.07 bits per heavy atom. The van der Waals surface area contributed by atoms with Gasteiger partial charge in [-0.25, -0.2) is 0 Å². The summed E-state index contributed by atoms with van der Waals surface area (Å²) in [4.78, 5) is 0. The first kappa shape index (κ1) is 10.5. The van der Waals surface area contributed by atoms with E-state index < -0.39 is 0 Å². The third kappa shape index (κ3) is 2.98. The highest BCUT2D eigenvalue weighted by Crippen LogP contribution is 2.49. The van der Waals surface area contributed by atoms with Gasteiger partial charge in [0.1, 0.15) is 0 Å². The fraction of sp³-hybridized carbons (Fsp3) is 1.00. The quantitative estimate of drug-likeness (QED) is 0.657. The van der Waals surface area contributed by atoms with Crippen LogP contribution in [-0.2, 0) is 0 Å². The molecule has 0 aromatic rings. The van der Waals surface area contributed by atoms with E-state index in [0.717, 1.165) is 17.4 Å². The van der Waals surface area contributed by atoms with Crippen LogP contribution in [0.1, 0.15) is 58.8 Å². The lowest BCUT2D eigenvalue weighted by atomic mass is 10.00. The summed E-state index contributed by atoms with van der Waals surface area (Å²) >= 11 is 0. The van der Waals surface area contributed by atoms with Crippen LogP contribution in [0.5, 0.6) is 0 Å². The van der Waals surface area contributed by atoms with Crippen LogP contribution in [0.25, 0.3) is 0 Å². The zero-order valence-electron chi connectivity index (χ0n) is 9.81. The molecular formula is C13H25N. The van der Waals surface area contributed by atoms with Crippen LogP contribution < -0.4 is 5.32 Å². The summed E-state index contributed by atoms with van der Waals surface area (Å²) in [7, 11) is 0. The average molecular weight is 195 g/mol. The van der Waals surface area contributed by atoms with Crippen molar-refractivity contribution in [2.75, 3.05) is 6.54 Å². The summed E-state index contributed by atoms with van der Waals surface area (Å²) in [6.07, 6.45) is 10.2. The summed E-state index contributed by atoms with van der Waals surface area (Å²) in [5, 5.41) is 3.74. The molecule has 1 unspecified atom stereocenters. The lowest BCUT2D eigenvalue weighted by molar-refractivity contribution is 0.379. The predicted molar refractivity (Wildman–Crippen MR) is 61.4 cm³/mol. The monoisotopic (exact) mass is 195 g/mol. The molecule has 82 valence electrons. The molecule has 2 aliphatic carbocycles.